The van der Waals surface area contributed by atoms with Crippen LogP contribution in [0.4, 0.5) is 0 Å². The fraction of sp³-hybridized carbons (Fsp3) is 0.643. The Kier molecular flexibility index (Phi) is 8.59. The minimum atomic E-state index is -0.760. The lowest BCUT2D eigenvalue weighted by molar-refractivity contribution is -0.136. The zero-order chi connectivity index (χ0) is 12.4. The van der Waals surface area contributed by atoms with Gasteiger partial charge in [-0.15, -0.1) is 0 Å². The lowest BCUT2D eigenvalue weighted by Crippen LogP contribution is -1.94. The third-order valence-corrected chi connectivity index (χ3v) is 2.43. The number of hydrogen-bond donors (Lipinski definition) is 1. The molecule has 16 heavy (non-hydrogen) atoms. The monoisotopic (exact) mass is 224 g/mol. The summed E-state index contributed by atoms with van der Waals surface area (Å²) in [6, 6.07) is 0. The zero-order valence-corrected chi connectivity index (χ0v) is 10.8. The Morgan fingerprint density at radius 3 is 2.44 bits per heavy atom. The minimum Gasteiger partial charge on any atom is -0.481 e. The van der Waals surface area contributed by atoms with E-state index < -0.39 is 5.97 Å². The number of carboxylic acid groups (broad SMARTS) is 1. The quantitative estimate of drug-likeness (QED) is 0.492. The molecule has 0 aliphatic carbocycles. The van der Waals surface area contributed by atoms with E-state index in [4.69, 9.17) is 5.11 Å². The molecule has 1 N–H and O–H groups in total. The maximum absolute atomic E-state index is 10.5. The number of allylic oxidation sites excluding steroid dienone is 3. The Morgan fingerprint density at radius 1 is 1.19 bits per heavy atom. The van der Waals surface area contributed by atoms with Crippen molar-refractivity contribution in [2.75, 3.05) is 0 Å². The van der Waals surface area contributed by atoms with Crippen molar-refractivity contribution < 1.29 is 9.90 Å². The number of carboxylic acids is 1. The van der Waals surface area contributed by atoms with E-state index >= 15 is 0 Å². The summed E-state index contributed by atoms with van der Waals surface area (Å²) in [5.41, 5.74) is 2.09. The summed E-state index contributed by atoms with van der Waals surface area (Å²) in [6.07, 6.45) is 10.5. The van der Waals surface area contributed by atoms with E-state index in [-0.39, 0.29) is 6.42 Å². The molecule has 2 heteroatoms. The van der Waals surface area contributed by atoms with Crippen molar-refractivity contribution >= 4 is 5.97 Å². The molecule has 0 bridgehead atoms. The average molecular weight is 224 g/mol. The van der Waals surface area contributed by atoms with Gasteiger partial charge >= 0.3 is 5.97 Å². The van der Waals surface area contributed by atoms with E-state index in [1.165, 1.54) is 31.3 Å². The Morgan fingerprint density at radius 2 is 1.88 bits per heavy atom. The van der Waals surface area contributed by atoms with E-state index in [1.54, 1.807) is 0 Å². The van der Waals surface area contributed by atoms with Crippen LogP contribution >= 0.6 is 0 Å². The van der Waals surface area contributed by atoms with Crippen LogP contribution in [0.3, 0.4) is 0 Å². The normalized spacial score (nSPS) is 12.9. The van der Waals surface area contributed by atoms with Gasteiger partial charge in [0.15, 0.2) is 0 Å². The predicted molar refractivity (Wildman–Crippen MR) is 68.5 cm³/mol. The van der Waals surface area contributed by atoms with Crippen molar-refractivity contribution in [3.05, 3.63) is 23.3 Å². The van der Waals surface area contributed by atoms with Gasteiger partial charge in [-0.3, -0.25) is 4.79 Å². The molecule has 0 spiro atoms. The summed E-state index contributed by atoms with van der Waals surface area (Å²) in [5.74, 6) is -0.760. The van der Waals surface area contributed by atoms with Gasteiger partial charge in [0.2, 0.25) is 0 Å². The third kappa shape index (κ3) is 9.50. The van der Waals surface area contributed by atoms with Crippen LogP contribution in [-0.2, 0) is 4.79 Å². The predicted octanol–water partition coefficient (Wildman–Crippen LogP) is 4.32. The topological polar surface area (TPSA) is 37.3 Å². The molecule has 0 heterocycles. The molecule has 0 atom stereocenters. The molecule has 0 fully saturated rings. The van der Waals surface area contributed by atoms with Crippen LogP contribution < -0.4 is 0 Å². The Bertz CT molecular complexity index is 262. The fourth-order valence-electron chi connectivity index (χ4n) is 1.64. The summed E-state index contributed by atoms with van der Waals surface area (Å²) in [7, 11) is 0. The molecule has 0 aliphatic rings. The number of rotatable bonds is 8. The zero-order valence-electron chi connectivity index (χ0n) is 10.8. The summed E-state index contributed by atoms with van der Waals surface area (Å²) < 4.78 is 0. The van der Waals surface area contributed by atoms with Crippen LogP contribution in [0.25, 0.3) is 0 Å². The van der Waals surface area contributed by atoms with Gasteiger partial charge in [0.1, 0.15) is 0 Å². The molecular formula is C14H24O2. The highest BCUT2D eigenvalue weighted by atomic mass is 16.4. The van der Waals surface area contributed by atoms with Crippen molar-refractivity contribution in [1.82, 2.24) is 0 Å². The summed E-state index contributed by atoms with van der Waals surface area (Å²) in [4.78, 5) is 10.5. The van der Waals surface area contributed by atoms with Crippen molar-refractivity contribution in [1.29, 1.82) is 0 Å². The van der Waals surface area contributed by atoms with Gasteiger partial charge in [-0.25, -0.2) is 0 Å². The maximum Gasteiger partial charge on any atom is 0.307 e. The van der Waals surface area contributed by atoms with Crippen LogP contribution in [-0.4, -0.2) is 11.1 Å². The highest BCUT2D eigenvalue weighted by molar-refractivity contribution is 5.70. The Balaban J connectivity index is 3.89. The molecule has 0 rings (SSSR count). The number of unbranched alkanes of at least 4 members (excludes halogenated alkanes) is 4. The van der Waals surface area contributed by atoms with Crippen LogP contribution in [0.2, 0.25) is 0 Å². The number of hydrogen-bond acceptors (Lipinski definition) is 1. The second kappa shape index (κ2) is 9.20. The molecule has 0 aliphatic heterocycles. The van der Waals surface area contributed by atoms with E-state index in [0.29, 0.717) is 0 Å². The molecule has 0 aromatic carbocycles. The summed E-state index contributed by atoms with van der Waals surface area (Å²) in [5, 5.41) is 8.61. The first-order valence-electron chi connectivity index (χ1n) is 6.12. The van der Waals surface area contributed by atoms with E-state index in [9.17, 15) is 4.79 Å². The Hall–Kier alpha value is -1.05. The first kappa shape index (κ1) is 14.9. The minimum absolute atomic E-state index is 0.140. The summed E-state index contributed by atoms with van der Waals surface area (Å²) in [6.45, 7) is 6.10. The molecule has 0 saturated heterocycles. The van der Waals surface area contributed by atoms with Gasteiger partial charge in [-0.2, -0.15) is 0 Å². The van der Waals surface area contributed by atoms with E-state index in [0.717, 1.165) is 12.0 Å². The van der Waals surface area contributed by atoms with Gasteiger partial charge in [0, 0.05) is 0 Å². The van der Waals surface area contributed by atoms with Crippen molar-refractivity contribution in [2.45, 2.75) is 59.3 Å². The van der Waals surface area contributed by atoms with Gasteiger partial charge in [0.05, 0.1) is 6.42 Å². The van der Waals surface area contributed by atoms with Crippen LogP contribution in [0, 0.1) is 0 Å². The highest BCUT2D eigenvalue weighted by Gasteiger charge is 1.97. The van der Waals surface area contributed by atoms with Gasteiger partial charge in [-0.05, 0) is 26.7 Å². The van der Waals surface area contributed by atoms with E-state index in [2.05, 4.69) is 13.0 Å². The van der Waals surface area contributed by atoms with E-state index in [1.807, 2.05) is 19.9 Å². The Labute approximate surface area is 99.1 Å². The second-order valence-corrected chi connectivity index (χ2v) is 4.36. The van der Waals surface area contributed by atoms with Gasteiger partial charge in [-0.1, -0.05) is 49.5 Å². The fourth-order valence-corrected chi connectivity index (χ4v) is 1.64. The maximum atomic E-state index is 10.5. The molecular weight excluding hydrogens is 200 g/mol. The molecule has 92 valence electrons. The van der Waals surface area contributed by atoms with Gasteiger partial charge in [0.25, 0.3) is 0 Å². The van der Waals surface area contributed by atoms with Crippen molar-refractivity contribution in [2.24, 2.45) is 0 Å². The molecule has 0 unspecified atom stereocenters. The molecule has 0 amide bonds. The lowest BCUT2D eigenvalue weighted by atomic mass is 10.1. The van der Waals surface area contributed by atoms with Crippen LogP contribution in [0.1, 0.15) is 59.3 Å². The average Bonchev–Trinajstić information content (AvgIpc) is 2.15. The lowest BCUT2D eigenvalue weighted by Gasteiger charge is -1.99. The smallest absolute Gasteiger partial charge is 0.307 e. The SMILES string of the molecule is CCCCCC/C=C(C)\C=C(/C)CC(=O)O. The van der Waals surface area contributed by atoms with Gasteiger partial charge < -0.3 is 5.11 Å². The largest absolute Gasteiger partial charge is 0.481 e. The first-order chi connectivity index (χ1) is 7.56. The van der Waals surface area contributed by atoms with Crippen LogP contribution in [0.15, 0.2) is 23.3 Å². The number of aliphatic carboxylic acids is 1. The molecule has 2 nitrogen and oxygen atoms in total. The number of carbonyl (C=O) groups is 1. The third-order valence-electron chi connectivity index (χ3n) is 2.43. The molecule has 0 saturated carbocycles. The standard InChI is InChI=1S/C14H24O2/c1-4-5-6-7-8-9-12(2)10-13(3)11-14(15)16/h9-10H,4-8,11H2,1-3H3,(H,15,16)/b12-9-,13-10+. The van der Waals surface area contributed by atoms with Crippen molar-refractivity contribution in [3.8, 4) is 0 Å². The first-order valence-corrected chi connectivity index (χ1v) is 6.12. The molecule has 0 aromatic rings. The summed E-state index contributed by atoms with van der Waals surface area (Å²) >= 11 is 0. The van der Waals surface area contributed by atoms with Crippen molar-refractivity contribution in [3.63, 3.8) is 0 Å². The van der Waals surface area contributed by atoms with Crippen LogP contribution in [0.5, 0.6) is 0 Å². The highest BCUT2D eigenvalue weighted by Crippen LogP contribution is 2.09. The second-order valence-electron chi connectivity index (χ2n) is 4.36. The molecule has 0 aromatic heterocycles. The molecule has 0 radical (unpaired) electrons.